The molecule has 0 atom stereocenters. The zero-order valence-corrected chi connectivity index (χ0v) is 12.7. The molecule has 0 aliphatic carbocycles. The van der Waals surface area contributed by atoms with Gasteiger partial charge in [-0.3, -0.25) is 4.90 Å². The first-order valence-electron chi connectivity index (χ1n) is 7.39. The van der Waals surface area contributed by atoms with Crippen molar-refractivity contribution in [3.8, 4) is 0 Å². The zero-order chi connectivity index (χ0) is 13.7. The van der Waals surface area contributed by atoms with E-state index in [4.69, 9.17) is 4.74 Å². The van der Waals surface area contributed by atoms with Crippen LogP contribution >= 0.6 is 0 Å². The maximum absolute atomic E-state index is 12.0. The van der Waals surface area contributed by atoms with E-state index in [0.717, 1.165) is 45.7 Å². The van der Waals surface area contributed by atoms with Crippen LogP contribution < -0.4 is 0 Å². The third kappa shape index (κ3) is 4.41. The number of hydrogen-bond donors (Lipinski definition) is 0. The van der Waals surface area contributed by atoms with E-state index >= 15 is 0 Å². The molecule has 0 aromatic carbocycles. The topological polar surface area (TPSA) is 49.9 Å². The minimum atomic E-state index is -2.99. The molecule has 0 radical (unpaired) electrons. The van der Waals surface area contributed by atoms with E-state index in [1.165, 1.54) is 0 Å². The SMILES string of the molecule is CCCS(=O)(=O)N1CCC(CN2CCOCC2)CC1. The largest absolute Gasteiger partial charge is 0.379 e. The molecule has 6 heteroatoms. The highest BCUT2D eigenvalue weighted by Gasteiger charge is 2.28. The van der Waals surface area contributed by atoms with Crippen LogP contribution in [0.4, 0.5) is 0 Å². The second kappa shape index (κ2) is 7.02. The quantitative estimate of drug-likeness (QED) is 0.750. The van der Waals surface area contributed by atoms with Crippen molar-refractivity contribution in [2.45, 2.75) is 26.2 Å². The number of rotatable bonds is 5. The number of morpholine rings is 1. The molecule has 0 unspecified atom stereocenters. The van der Waals surface area contributed by atoms with Crippen LogP contribution in [0, 0.1) is 5.92 Å². The number of sulfonamides is 1. The minimum absolute atomic E-state index is 0.293. The van der Waals surface area contributed by atoms with Gasteiger partial charge in [-0.1, -0.05) is 6.92 Å². The molecule has 0 amide bonds. The lowest BCUT2D eigenvalue weighted by Crippen LogP contribution is -2.44. The van der Waals surface area contributed by atoms with Gasteiger partial charge in [0.15, 0.2) is 0 Å². The lowest BCUT2D eigenvalue weighted by molar-refractivity contribution is 0.0269. The van der Waals surface area contributed by atoms with Crippen molar-refractivity contribution < 1.29 is 13.2 Å². The second-order valence-electron chi connectivity index (χ2n) is 5.57. The number of piperidine rings is 1. The first kappa shape index (κ1) is 15.2. The van der Waals surface area contributed by atoms with Gasteiger partial charge in [0.25, 0.3) is 0 Å². The van der Waals surface area contributed by atoms with E-state index in [9.17, 15) is 8.42 Å². The van der Waals surface area contributed by atoms with Gasteiger partial charge in [-0.15, -0.1) is 0 Å². The Morgan fingerprint density at radius 3 is 2.32 bits per heavy atom. The fourth-order valence-corrected chi connectivity index (χ4v) is 4.45. The van der Waals surface area contributed by atoms with Gasteiger partial charge >= 0.3 is 0 Å². The van der Waals surface area contributed by atoms with Crippen molar-refractivity contribution >= 4 is 10.0 Å². The molecule has 2 saturated heterocycles. The Morgan fingerprint density at radius 1 is 1.11 bits per heavy atom. The summed E-state index contributed by atoms with van der Waals surface area (Å²) in [5, 5.41) is 0. The van der Waals surface area contributed by atoms with Crippen molar-refractivity contribution in [1.29, 1.82) is 0 Å². The Hall–Kier alpha value is -0.170. The van der Waals surface area contributed by atoms with E-state index in [1.807, 2.05) is 6.92 Å². The van der Waals surface area contributed by atoms with E-state index in [-0.39, 0.29) is 0 Å². The molecule has 2 aliphatic rings. The zero-order valence-electron chi connectivity index (χ0n) is 11.9. The monoisotopic (exact) mass is 290 g/mol. The predicted octanol–water partition coefficient (Wildman–Crippen LogP) is 0.770. The van der Waals surface area contributed by atoms with E-state index in [0.29, 0.717) is 31.2 Å². The average Bonchev–Trinajstić information content (AvgIpc) is 2.40. The molecule has 0 bridgehead atoms. The van der Waals surface area contributed by atoms with Crippen molar-refractivity contribution in [1.82, 2.24) is 9.21 Å². The molecule has 2 fully saturated rings. The molecule has 2 rings (SSSR count). The van der Waals surface area contributed by atoms with Gasteiger partial charge in [0, 0.05) is 32.7 Å². The summed E-state index contributed by atoms with van der Waals surface area (Å²) in [5.41, 5.74) is 0. The van der Waals surface area contributed by atoms with Crippen LogP contribution in [0.15, 0.2) is 0 Å². The summed E-state index contributed by atoms with van der Waals surface area (Å²) in [4.78, 5) is 2.45. The molecule has 5 nitrogen and oxygen atoms in total. The van der Waals surface area contributed by atoms with Crippen LogP contribution in [0.1, 0.15) is 26.2 Å². The molecule has 0 aromatic heterocycles. The molecule has 2 aliphatic heterocycles. The first-order valence-corrected chi connectivity index (χ1v) is 9.00. The first-order chi connectivity index (χ1) is 9.12. The molecule has 2 heterocycles. The van der Waals surface area contributed by atoms with Crippen LogP contribution in [0.3, 0.4) is 0 Å². The van der Waals surface area contributed by atoms with Gasteiger partial charge in [-0.2, -0.15) is 0 Å². The maximum Gasteiger partial charge on any atom is 0.214 e. The fourth-order valence-electron chi connectivity index (χ4n) is 2.91. The van der Waals surface area contributed by atoms with Gasteiger partial charge in [0.05, 0.1) is 19.0 Å². The molecule has 0 aromatic rings. The minimum Gasteiger partial charge on any atom is -0.379 e. The molecule has 0 N–H and O–H groups in total. The third-order valence-electron chi connectivity index (χ3n) is 4.05. The summed E-state index contributed by atoms with van der Waals surface area (Å²) >= 11 is 0. The van der Waals surface area contributed by atoms with Crippen molar-refractivity contribution in [3.05, 3.63) is 0 Å². The average molecular weight is 290 g/mol. The third-order valence-corrected chi connectivity index (χ3v) is 6.13. The van der Waals surface area contributed by atoms with Gasteiger partial charge in [-0.05, 0) is 25.2 Å². The van der Waals surface area contributed by atoms with Crippen LogP contribution in [-0.2, 0) is 14.8 Å². The number of hydrogen-bond acceptors (Lipinski definition) is 4. The summed E-state index contributed by atoms with van der Waals surface area (Å²) in [6.45, 7) is 8.15. The smallest absolute Gasteiger partial charge is 0.214 e. The summed E-state index contributed by atoms with van der Waals surface area (Å²) in [5.74, 6) is 0.937. The van der Waals surface area contributed by atoms with Crippen LogP contribution in [-0.4, -0.2) is 69.3 Å². The lowest BCUT2D eigenvalue weighted by Gasteiger charge is -2.35. The molecule has 19 heavy (non-hydrogen) atoms. The summed E-state index contributed by atoms with van der Waals surface area (Å²) in [6.07, 6.45) is 2.71. The van der Waals surface area contributed by atoms with Gasteiger partial charge in [-0.25, -0.2) is 12.7 Å². The van der Waals surface area contributed by atoms with Gasteiger partial charge < -0.3 is 4.74 Å². The Morgan fingerprint density at radius 2 is 1.74 bits per heavy atom. The predicted molar refractivity (Wildman–Crippen MR) is 75.6 cm³/mol. The molecule has 112 valence electrons. The second-order valence-corrected chi connectivity index (χ2v) is 7.66. The van der Waals surface area contributed by atoms with Crippen LogP contribution in [0.2, 0.25) is 0 Å². The Balaban J connectivity index is 1.75. The van der Waals surface area contributed by atoms with Crippen molar-refractivity contribution in [2.75, 3.05) is 51.7 Å². The van der Waals surface area contributed by atoms with E-state index in [1.54, 1.807) is 4.31 Å². The maximum atomic E-state index is 12.0. The van der Waals surface area contributed by atoms with Gasteiger partial charge in [0.1, 0.15) is 0 Å². The summed E-state index contributed by atoms with van der Waals surface area (Å²) in [7, 11) is -2.99. The molecule has 0 spiro atoms. The molecule has 0 saturated carbocycles. The lowest BCUT2D eigenvalue weighted by atomic mass is 9.97. The highest BCUT2D eigenvalue weighted by atomic mass is 32.2. The van der Waals surface area contributed by atoms with Crippen molar-refractivity contribution in [3.63, 3.8) is 0 Å². The summed E-state index contributed by atoms with van der Waals surface area (Å²) in [6, 6.07) is 0. The Kier molecular flexibility index (Phi) is 5.62. The molecular formula is C13H26N2O3S. The number of nitrogens with zero attached hydrogens (tertiary/aromatic N) is 2. The van der Waals surface area contributed by atoms with E-state index < -0.39 is 10.0 Å². The molecular weight excluding hydrogens is 264 g/mol. The highest BCUT2D eigenvalue weighted by Crippen LogP contribution is 2.21. The van der Waals surface area contributed by atoms with Crippen molar-refractivity contribution in [2.24, 2.45) is 5.92 Å². The van der Waals surface area contributed by atoms with E-state index in [2.05, 4.69) is 4.90 Å². The highest BCUT2D eigenvalue weighted by molar-refractivity contribution is 7.89. The fraction of sp³-hybridized carbons (Fsp3) is 1.00. The van der Waals surface area contributed by atoms with Gasteiger partial charge in [0.2, 0.25) is 10.0 Å². The normalized spacial score (nSPS) is 24.7. The number of ether oxygens (including phenoxy) is 1. The Labute approximate surface area is 117 Å². The van der Waals surface area contributed by atoms with Crippen LogP contribution in [0.25, 0.3) is 0 Å². The Bertz CT molecular complexity index is 358. The van der Waals surface area contributed by atoms with Crippen LogP contribution in [0.5, 0.6) is 0 Å². The summed E-state index contributed by atoms with van der Waals surface area (Å²) < 4.78 is 31.0. The standard InChI is InChI=1S/C13H26N2O3S/c1-2-11-19(16,17)15-5-3-13(4-6-15)12-14-7-9-18-10-8-14/h13H,2-12H2,1H3.